The molecule has 7 heteroatoms. The van der Waals surface area contributed by atoms with E-state index in [0.717, 1.165) is 58.3 Å². The van der Waals surface area contributed by atoms with Crippen LogP contribution in [0.4, 0.5) is 5.95 Å². The maximum absolute atomic E-state index is 5.96. The fourth-order valence-corrected chi connectivity index (χ4v) is 4.29. The molecule has 7 nitrogen and oxygen atoms in total. The van der Waals surface area contributed by atoms with Gasteiger partial charge in [0.1, 0.15) is 5.75 Å². The van der Waals surface area contributed by atoms with Gasteiger partial charge in [-0.25, -0.2) is 9.38 Å². The number of hydrogen-bond acceptors (Lipinski definition) is 6. The molecule has 154 valence electrons. The van der Waals surface area contributed by atoms with E-state index in [1.807, 2.05) is 24.3 Å². The van der Waals surface area contributed by atoms with Crippen molar-refractivity contribution in [1.29, 1.82) is 0 Å². The smallest absolute Gasteiger partial charge is 0.213 e. The van der Waals surface area contributed by atoms with E-state index < -0.39 is 0 Å². The maximum Gasteiger partial charge on any atom is 0.213 e. The number of nitrogens with zero attached hydrogens (tertiary/aromatic N) is 5. The van der Waals surface area contributed by atoms with Crippen LogP contribution in [0.3, 0.4) is 0 Å². The van der Waals surface area contributed by atoms with Crippen LogP contribution in [0.5, 0.6) is 5.75 Å². The molecule has 0 aliphatic carbocycles. The summed E-state index contributed by atoms with van der Waals surface area (Å²) in [5.41, 5.74) is 3.76. The van der Waals surface area contributed by atoms with Crippen molar-refractivity contribution in [2.45, 2.75) is 33.0 Å². The van der Waals surface area contributed by atoms with Crippen molar-refractivity contribution in [2.24, 2.45) is 0 Å². The Hall–Kier alpha value is -3.19. The third-order valence-corrected chi connectivity index (χ3v) is 5.53. The summed E-state index contributed by atoms with van der Waals surface area (Å²) in [5.74, 6) is 2.31. The zero-order valence-corrected chi connectivity index (χ0v) is 17.7. The molecule has 5 rings (SSSR count). The maximum atomic E-state index is 5.96. The van der Waals surface area contributed by atoms with Crippen LogP contribution in [0, 0.1) is 6.92 Å². The Kier molecular flexibility index (Phi) is 4.55. The predicted molar refractivity (Wildman–Crippen MR) is 117 cm³/mol. The molecule has 3 heterocycles. The summed E-state index contributed by atoms with van der Waals surface area (Å²) in [6.07, 6.45) is 0.232. The van der Waals surface area contributed by atoms with E-state index in [9.17, 15) is 0 Å². The van der Waals surface area contributed by atoms with Crippen LogP contribution >= 0.6 is 0 Å². The van der Waals surface area contributed by atoms with Crippen LogP contribution in [0.25, 0.3) is 27.9 Å². The molecule has 2 atom stereocenters. The second kappa shape index (κ2) is 7.25. The molecule has 2 aromatic carbocycles. The molecule has 1 saturated heterocycles. The van der Waals surface area contributed by atoms with Crippen molar-refractivity contribution >= 4 is 22.5 Å². The molecular weight excluding hydrogens is 378 g/mol. The number of morpholine rings is 1. The zero-order valence-electron chi connectivity index (χ0n) is 17.7. The average Bonchev–Trinajstić information content (AvgIpc) is 3.18. The fraction of sp³-hybridized carbons (Fsp3) is 0.348. The first kappa shape index (κ1) is 18.8. The van der Waals surface area contributed by atoms with E-state index in [2.05, 4.69) is 58.5 Å². The number of methoxy groups -OCH3 is 1. The third kappa shape index (κ3) is 3.06. The number of hydrogen-bond donors (Lipinski definition) is 0. The molecule has 0 spiro atoms. The van der Waals surface area contributed by atoms with Crippen molar-refractivity contribution in [3.8, 4) is 17.1 Å². The highest BCUT2D eigenvalue weighted by molar-refractivity contribution is 5.94. The SMILES string of the molecule is COc1ccccc1-c1nnc2c3cc(C)ccc3nc(N3C[C@@H](C)O[C@@H](C)C3)n12. The van der Waals surface area contributed by atoms with E-state index >= 15 is 0 Å². The van der Waals surface area contributed by atoms with Gasteiger partial charge in [0.25, 0.3) is 0 Å². The first-order valence-corrected chi connectivity index (χ1v) is 10.2. The standard InChI is InChI=1S/C23H25N5O2/c1-14-9-10-19-18(11-14)22-26-25-21(17-7-5-6-8-20(17)29-4)28(22)23(24-19)27-12-15(2)30-16(3)13-27/h5-11,15-16H,12-13H2,1-4H3/t15-,16+. The van der Waals surface area contributed by atoms with Gasteiger partial charge in [-0.05, 0) is 45.0 Å². The lowest BCUT2D eigenvalue weighted by Crippen LogP contribution is -2.46. The molecule has 0 N–H and O–H groups in total. The zero-order chi connectivity index (χ0) is 20.8. The van der Waals surface area contributed by atoms with Gasteiger partial charge in [-0.15, -0.1) is 10.2 Å². The number of ether oxygens (including phenoxy) is 2. The van der Waals surface area contributed by atoms with E-state index in [1.165, 1.54) is 0 Å². The molecule has 30 heavy (non-hydrogen) atoms. The van der Waals surface area contributed by atoms with Crippen LogP contribution < -0.4 is 9.64 Å². The van der Waals surface area contributed by atoms with Crippen LogP contribution in [0.2, 0.25) is 0 Å². The average molecular weight is 403 g/mol. The second-order valence-corrected chi connectivity index (χ2v) is 7.98. The van der Waals surface area contributed by atoms with E-state index in [1.54, 1.807) is 7.11 Å². The second-order valence-electron chi connectivity index (χ2n) is 7.98. The van der Waals surface area contributed by atoms with Crippen LogP contribution in [0.15, 0.2) is 42.5 Å². The van der Waals surface area contributed by atoms with Crippen LogP contribution in [0.1, 0.15) is 19.4 Å². The molecule has 0 bridgehead atoms. The Labute approximate surface area is 175 Å². The van der Waals surface area contributed by atoms with E-state index in [4.69, 9.17) is 14.5 Å². The van der Waals surface area contributed by atoms with Crippen molar-refractivity contribution in [1.82, 2.24) is 19.6 Å². The molecule has 2 aromatic heterocycles. The first-order chi connectivity index (χ1) is 14.5. The van der Waals surface area contributed by atoms with Gasteiger partial charge in [0, 0.05) is 18.5 Å². The summed E-state index contributed by atoms with van der Waals surface area (Å²) in [4.78, 5) is 7.33. The molecule has 4 aromatic rings. The number of para-hydroxylation sites is 1. The summed E-state index contributed by atoms with van der Waals surface area (Å²) in [6, 6.07) is 14.1. The number of anilines is 1. The van der Waals surface area contributed by atoms with Gasteiger partial charge >= 0.3 is 0 Å². The topological polar surface area (TPSA) is 64.8 Å². The molecular formula is C23H25N5O2. The number of aryl methyl sites for hydroxylation is 1. The molecule has 0 saturated carbocycles. The molecule has 0 radical (unpaired) electrons. The first-order valence-electron chi connectivity index (χ1n) is 10.2. The molecule has 0 unspecified atom stereocenters. The molecule has 0 amide bonds. The van der Waals surface area contributed by atoms with Gasteiger partial charge in [-0.3, -0.25) is 0 Å². The summed E-state index contributed by atoms with van der Waals surface area (Å²) >= 11 is 0. The van der Waals surface area contributed by atoms with Crippen LogP contribution in [-0.4, -0.2) is 52.0 Å². The Balaban J connectivity index is 1.82. The summed E-state index contributed by atoms with van der Waals surface area (Å²) in [6.45, 7) is 7.78. The van der Waals surface area contributed by atoms with Crippen molar-refractivity contribution < 1.29 is 9.47 Å². The summed E-state index contributed by atoms with van der Waals surface area (Å²) < 4.78 is 13.6. The van der Waals surface area contributed by atoms with E-state index in [0.29, 0.717) is 0 Å². The van der Waals surface area contributed by atoms with Crippen LogP contribution in [-0.2, 0) is 4.74 Å². The minimum absolute atomic E-state index is 0.116. The van der Waals surface area contributed by atoms with Crippen molar-refractivity contribution in [3.63, 3.8) is 0 Å². The quantitative estimate of drug-likeness (QED) is 0.517. The van der Waals surface area contributed by atoms with Gasteiger partial charge in [0.05, 0.1) is 30.4 Å². The minimum atomic E-state index is 0.116. The number of aromatic nitrogens is 4. The van der Waals surface area contributed by atoms with Gasteiger partial charge in [-0.2, -0.15) is 0 Å². The highest BCUT2D eigenvalue weighted by atomic mass is 16.5. The molecule has 1 aliphatic heterocycles. The molecule has 1 aliphatic rings. The highest BCUT2D eigenvalue weighted by Crippen LogP contribution is 2.33. The summed E-state index contributed by atoms with van der Waals surface area (Å²) in [7, 11) is 1.67. The molecule has 1 fully saturated rings. The van der Waals surface area contributed by atoms with Crippen molar-refractivity contribution in [2.75, 3.05) is 25.1 Å². The Bertz CT molecular complexity index is 1230. The third-order valence-electron chi connectivity index (χ3n) is 5.53. The Morgan fingerprint density at radius 2 is 1.80 bits per heavy atom. The predicted octanol–water partition coefficient (Wildman–Crippen LogP) is 3.88. The highest BCUT2D eigenvalue weighted by Gasteiger charge is 2.28. The Morgan fingerprint density at radius 3 is 2.57 bits per heavy atom. The normalized spacial score (nSPS) is 19.5. The Morgan fingerprint density at radius 1 is 1.03 bits per heavy atom. The number of benzene rings is 2. The minimum Gasteiger partial charge on any atom is -0.496 e. The van der Waals surface area contributed by atoms with Gasteiger partial charge in [-0.1, -0.05) is 23.8 Å². The van der Waals surface area contributed by atoms with Gasteiger partial charge in [0.2, 0.25) is 5.95 Å². The lowest BCUT2D eigenvalue weighted by atomic mass is 10.1. The lowest BCUT2D eigenvalue weighted by Gasteiger charge is -2.36. The summed E-state index contributed by atoms with van der Waals surface area (Å²) in [5, 5.41) is 10.2. The van der Waals surface area contributed by atoms with Crippen molar-refractivity contribution in [3.05, 3.63) is 48.0 Å². The van der Waals surface area contributed by atoms with Gasteiger partial charge < -0.3 is 14.4 Å². The largest absolute Gasteiger partial charge is 0.496 e. The van der Waals surface area contributed by atoms with Gasteiger partial charge in [0.15, 0.2) is 11.5 Å². The number of fused-ring (bicyclic) bond motifs is 3. The lowest BCUT2D eigenvalue weighted by molar-refractivity contribution is -0.00576. The fourth-order valence-electron chi connectivity index (χ4n) is 4.29. The number of rotatable bonds is 3. The monoisotopic (exact) mass is 403 g/mol. The van der Waals surface area contributed by atoms with E-state index in [-0.39, 0.29) is 12.2 Å².